The number of rotatable bonds is 7. The molecule has 0 spiro atoms. The van der Waals surface area contributed by atoms with Crippen LogP contribution in [0.5, 0.6) is 5.75 Å². The number of sulfonamides is 1. The lowest BCUT2D eigenvalue weighted by atomic mass is 10.1. The molecule has 0 radical (unpaired) electrons. The number of methoxy groups -OCH3 is 1. The molecular formula is C21H22N2O6S. The molecular weight excluding hydrogens is 408 g/mol. The van der Waals surface area contributed by atoms with Gasteiger partial charge in [0.2, 0.25) is 10.0 Å². The van der Waals surface area contributed by atoms with Gasteiger partial charge in [-0.15, -0.1) is 0 Å². The fraction of sp³-hybridized carbons (Fsp3) is 0.333. The number of Topliss-reactive ketones (excluding diaryl/α,β-unsaturated/α-hetero) is 1. The minimum Gasteiger partial charge on any atom is -0.492 e. The highest BCUT2D eigenvalue weighted by molar-refractivity contribution is 7.89. The summed E-state index contributed by atoms with van der Waals surface area (Å²) >= 11 is 0. The molecule has 2 aromatic carbocycles. The van der Waals surface area contributed by atoms with Gasteiger partial charge < -0.3 is 9.47 Å². The summed E-state index contributed by atoms with van der Waals surface area (Å²) in [5.74, 6) is -0.775. The van der Waals surface area contributed by atoms with Crippen molar-refractivity contribution >= 4 is 27.4 Å². The molecule has 0 aliphatic carbocycles. The Kier molecular flexibility index (Phi) is 5.59. The van der Waals surface area contributed by atoms with Gasteiger partial charge in [-0.2, -0.15) is 4.31 Å². The van der Waals surface area contributed by atoms with Crippen molar-refractivity contribution in [3.8, 4) is 5.75 Å². The minimum atomic E-state index is -3.84. The number of ether oxygens (including phenoxy) is 2. The Hall–Kier alpha value is -2.75. The largest absolute Gasteiger partial charge is 0.492 e. The van der Waals surface area contributed by atoms with E-state index in [2.05, 4.69) is 0 Å². The van der Waals surface area contributed by atoms with Crippen LogP contribution in [-0.2, 0) is 19.6 Å². The Bertz CT molecular complexity index is 1070. The predicted molar refractivity (Wildman–Crippen MR) is 109 cm³/mol. The van der Waals surface area contributed by atoms with Crippen molar-refractivity contribution in [1.82, 2.24) is 4.31 Å². The molecule has 2 aliphatic heterocycles. The molecule has 1 fully saturated rings. The topological polar surface area (TPSA) is 93.2 Å². The molecule has 0 aromatic heterocycles. The number of anilines is 1. The van der Waals surface area contributed by atoms with E-state index in [1.165, 1.54) is 34.5 Å². The van der Waals surface area contributed by atoms with E-state index in [-0.39, 0.29) is 29.8 Å². The van der Waals surface area contributed by atoms with Gasteiger partial charge in [-0.25, -0.2) is 8.42 Å². The SMILES string of the molecule is COCN1C(=O)C(=O)c2cc(S(=O)(=O)N3CCC[C@H]3COc3ccccc3)ccc21. The number of para-hydroxylation sites is 1. The standard InChI is InChI=1S/C21H22N2O6S/c1-28-14-22-19-10-9-17(12-18(19)20(24)21(22)25)30(26,27)23-11-5-6-15(23)13-29-16-7-3-2-4-8-16/h2-4,7-10,12,15H,5-6,11,13-14H2,1H3/t15-/m0/s1. The number of hydrogen-bond donors (Lipinski definition) is 0. The number of fused-ring (bicyclic) bond motifs is 1. The van der Waals surface area contributed by atoms with Crippen LogP contribution >= 0.6 is 0 Å². The van der Waals surface area contributed by atoms with Gasteiger partial charge in [-0.05, 0) is 43.2 Å². The summed E-state index contributed by atoms with van der Waals surface area (Å²) in [5, 5.41) is 0. The number of hydrogen-bond acceptors (Lipinski definition) is 6. The molecule has 2 aromatic rings. The Balaban J connectivity index is 1.57. The maximum absolute atomic E-state index is 13.3. The maximum Gasteiger partial charge on any atom is 0.301 e. The molecule has 2 aliphatic rings. The monoisotopic (exact) mass is 430 g/mol. The van der Waals surface area contributed by atoms with Crippen molar-refractivity contribution in [3.05, 3.63) is 54.1 Å². The summed E-state index contributed by atoms with van der Waals surface area (Å²) in [6.07, 6.45) is 1.42. The lowest BCUT2D eigenvalue weighted by Gasteiger charge is -2.24. The van der Waals surface area contributed by atoms with Gasteiger partial charge >= 0.3 is 5.91 Å². The number of nitrogens with zero attached hydrogens (tertiary/aromatic N) is 2. The third-order valence-corrected chi connectivity index (χ3v) is 7.26. The molecule has 158 valence electrons. The number of benzene rings is 2. The van der Waals surface area contributed by atoms with Crippen molar-refractivity contribution in [2.45, 2.75) is 23.8 Å². The predicted octanol–water partition coefficient (Wildman–Crippen LogP) is 2.05. The Morgan fingerprint density at radius 2 is 1.87 bits per heavy atom. The van der Waals surface area contributed by atoms with Crippen LogP contribution in [0.25, 0.3) is 0 Å². The van der Waals surface area contributed by atoms with E-state index in [1.54, 1.807) is 0 Å². The van der Waals surface area contributed by atoms with Gasteiger partial charge in [0.05, 0.1) is 22.2 Å². The van der Waals surface area contributed by atoms with Gasteiger partial charge in [0, 0.05) is 13.7 Å². The van der Waals surface area contributed by atoms with Crippen LogP contribution in [0, 0.1) is 0 Å². The summed E-state index contributed by atoms with van der Waals surface area (Å²) < 4.78 is 38.7. The van der Waals surface area contributed by atoms with E-state index in [0.717, 1.165) is 6.42 Å². The fourth-order valence-electron chi connectivity index (χ4n) is 3.83. The minimum absolute atomic E-state index is 0.00622. The van der Waals surface area contributed by atoms with Gasteiger partial charge in [-0.3, -0.25) is 14.5 Å². The molecule has 9 heteroatoms. The smallest absolute Gasteiger partial charge is 0.301 e. The molecule has 1 atom stereocenters. The van der Waals surface area contributed by atoms with E-state index < -0.39 is 21.7 Å². The summed E-state index contributed by atoms with van der Waals surface area (Å²) in [6, 6.07) is 13.1. The normalized spacial score (nSPS) is 19.4. The molecule has 1 amide bonds. The second-order valence-corrected chi connectivity index (χ2v) is 9.09. The average Bonchev–Trinajstić information content (AvgIpc) is 3.33. The number of carbonyl (C=O) groups excluding carboxylic acids is 2. The van der Waals surface area contributed by atoms with E-state index >= 15 is 0 Å². The first-order valence-electron chi connectivity index (χ1n) is 9.62. The highest BCUT2D eigenvalue weighted by Crippen LogP contribution is 2.33. The first-order chi connectivity index (χ1) is 14.4. The van der Waals surface area contributed by atoms with Crippen LogP contribution in [-0.4, -0.2) is 57.4 Å². The molecule has 0 bridgehead atoms. The van der Waals surface area contributed by atoms with Gasteiger partial charge in [0.25, 0.3) is 5.78 Å². The highest BCUT2D eigenvalue weighted by Gasteiger charge is 2.39. The highest BCUT2D eigenvalue weighted by atomic mass is 32.2. The zero-order valence-electron chi connectivity index (χ0n) is 16.5. The zero-order valence-corrected chi connectivity index (χ0v) is 17.3. The summed E-state index contributed by atoms with van der Waals surface area (Å²) in [4.78, 5) is 25.7. The fourth-order valence-corrected chi connectivity index (χ4v) is 5.54. The van der Waals surface area contributed by atoms with Gasteiger partial charge in [-0.1, -0.05) is 18.2 Å². The molecule has 0 unspecified atom stereocenters. The second-order valence-electron chi connectivity index (χ2n) is 7.19. The molecule has 4 rings (SSSR count). The van der Waals surface area contributed by atoms with Crippen molar-refractivity contribution in [2.75, 3.05) is 31.9 Å². The Labute approximate surface area is 175 Å². The second kappa shape index (κ2) is 8.17. The van der Waals surface area contributed by atoms with E-state index in [9.17, 15) is 18.0 Å². The van der Waals surface area contributed by atoms with Crippen molar-refractivity contribution in [2.24, 2.45) is 0 Å². The lowest BCUT2D eigenvalue weighted by Crippen LogP contribution is -2.39. The van der Waals surface area contributed by atoms with E-state index in [4.69, 9.17) is 9.47 Å². The summed E-state index contributed by atoms with van der Waals surface area (Å²) in [7, 11) is -2.43. The van der Waals surface area contributed by atoms with Crippen LogP contribution in [0.2, 0.25) is 0 Å². The summed E-state index contributed by atoms with van der Waals surface area (Å²) in [5.41, 5.74) is 0.436. The number of carbonyl (C=O) groups is 2. The maximum atomic E-state index is 13.3. The van der Waals surface area contributed by atoms with Crippen LogP contribution in [0.4, 0.5) is 5.69 Å². The van der Waals surface area contributed by atoms with E-state index in [0.29, 0.717) is 24.4 Å². The van der Waals surface area contributed by atoms with Gasteiger partial charge in [0.15, 0.2) is 0 Å². The van der Waals surface area contributed by atoms with Crippen LogP contribution in [0.1, 0.15) is 23.2 Å². The molecule has 0 N–H and O–H groups in total. The summed E-state index contributed by atoms with van der Waals surface area (Å²) in [6.45, 7) is 0.548. The lowest BCUT2D eigenvalue weighted by molar-refractivity contribution is -0.115. The van der Waals surface area contributed by atoms with Crippen molar-refractivity contribution < 1.29 is 27.5 Å². The van der Waals surface area contributed by atoms with Crippen molar-refractivity contribution in [1.29, 1.82) is 0 Å². The van der Waals surface area contributed by atoms with Crippen molar-refractivity contribution in [3.63, 3.8) is 0 Å². The third kappa shape index (κ3) is 3.60. The quantitative estimate of drug-likeness (QED) is 0.624. The average molecular weight is 430 g/mol. The van der Waals surface area contributed by atoms with Gasteiger partial charge in [0.1, 0.15) is 19.1 Å². The zero-order chi connectivity index (χ0) is 21.3. The van der Waals surface area contributed by atoms with E-state index in [1.807, 2.05) is 30.3 Å². The third-order valence-electron chi connectivity index (χ3n) is 5.32. The Morgan fingerprint density at radius 1 is 1.10 bits per heavy atom. The van der Waals surface area contributed by atoms with Crippen LogP contribution in [0.15, 0.2) is 53.4 Å². The molecule has 0 saturated carbocycles. The molecule has 1 saturated heterocycles. The van der Waals surface area contributed by atoms with Crippen LogP contribution < -0.4 is 9.64 Å². The Morgan fingerprint density at radius 3 is 2.60 bits per heavy atom. The van der Waals surface area contributed by atoms with Crippen LogP contribution in [0.3, 0.4) is 0 Å². The number of amides is 1. The number of ketones is 1. The molecule has 30 heavy (non-hydrogen) atoms. The first-order valence-corrected chi connectivity index (χ1v) is 11.1. The molecule has 2 heterocycles. The molecule has 8 nitrogen and oxygen atoms in total. The first kappa shape index (κ1) is 20.5.